The summed E-state index contributed by atoms with van der Waals surface area (Å²) in [5, 5.41) is 8.20. The lowest BCUT2D eigenvalue weighted by Crippen LogP contribution is -1.52. The maximum absolute atomic E-state index is 8.20. The molecular formula is C8H7NS. The zero-order valence-corrected chi connectivity index (χ0v) is 6.48. The van der Waals surface area contributed by atoms with Gasteiger partial charge in [-0.1, -0.05) is 0 Å². The van der Waals surface area contributed by atoms with Crippen molar-refractivity contribution in [2.45, 2.75) is 6.92 Å². The number of allylic oxidation sites excluding steroid dienone is 1. The van der Waals surface area contributed by atoms with E-state index in [1.54, 1.807) is 11.3 Å². The summed E-state index contributed by atoms with van der Waals surface area (Å²) in [6.45, 7) is 2.05. The van der Waals surface area contributed by atoms with Crippen LogP contribution in [-0.2, 0) is 0 Å². The van der Waals surface area contributed by atoms with E-state index in [0.29, 0.717) is 0 Å². The summed E-state index contributed by atoms with van der Waals surface area (Å²) in [7, 11) is 0. The van der Waals surface area contributed by atoms with Crippen LogP contribution in [0.15, 0.2) is 18.2 Å². The van der Waals surface area contributed by atoms with Crippen LogP contribution in [0.1, 0.15) is 9.75 Å². The molecule has 0 fully saturated rings. The Hall–Kier alpha value is -1.07. The van der Waals surface area contributed by atoms with E-state index in [1.807, 2.05) is 31.2 Å². The minimum atomic E-state index is 1.14. The second-order valence-electron chi connectivity index (χ2n) is 1.91. The minimum Gasteiger partial charge on any atom is -0.193 e. The lowest BCUT2D eigenvalue weighted by Gasteiger charge is -1.76. The van der Waals surface area contributed by atoms with Crippen LogP contribution in [0, 0.1) is 18.3 Å². The summed E-state index contributed by atoms with van der Waals surface area (Å²) >= 11 is 1.69. The Morgan fingerprint density at radius 1 is 1.60 bits per heavy atom. The first-order valence-electron chi connectivity index (χ1n) is 2.95. The van der Waals surface area contributed by atoms with Crippen LogP contribution in [0.5, 0.6) is 0 Å². The number of thiophene rings is 1. The highest BCUT2D eigenvalue weighted by molar-refractivity contribution is 7.12. The molecular weight excluding hydrogens is 142 g/mol. The average molecular weight is 149 g/mol. The van der Waals surface area contributed by atoms with Crippen molar-refractivity contribution in [1.29, 1.82) is 5.26 Å². The summed E-state index contributed by atoms with van der Waals surface area (Å²) in [5.74, 6) is 0. The molecule has 50 valence electrons. The quantitative estimate of drug-likeness (QED) is 0.563. The van der Waals surface area contributed by atoms with Crippen LogP contribution in [0.2, 0.25) is 0 Å². The van der Waals surface area contributed by atoms with E-state index in [1.165, 1.54) is 11.0 Å². The first-order chi connectivity index (χ1) is 4.83. The smallest absolute Gasteiger partial charge is 0.0912 e. The number of aryl methyl sites for hydroxylation is 1. The number of rotatable bonds is 1. The van der Waals surface area contributed by atoms with Crippen molar-refractivity contribution in [3.8, 4) is 6.07 Å². The van der Waals surface area contributed by atoms with Gasteiger partial charge in [-0.15, -0.1) is 11.3 Å². The number of hydrogen-bond donors (Lipinski definition) is 0. The normalized spacial score (nSPS) is 10.0. The van der Waals surface area contributed by atoms with E-state index < -0.39 is 0 Å². The molecule has 0 aromatic carbocycles. The van der Waals surface area contributed by atoms with Crippen molar-refractivity contribution < 1.29 is 0 Å². The Balaban J connectivity index is 2.78. The van der Waals surface area contributed by atoms with Crippen LogP contribution in [0.3, 0.4) is 0 Å². The monoisotopic (exact) mass is 149 g/mol. The molecule has 0 amide bonds. The molecule has 1 aromatic heterocycles. The third kappa shape index (κ3) is 1.71. The lowest BCUT2D eigenvalue weighted by molar-refractivity contribution is 1.54. The Labute approximate surface area is 64.2 Å². The molecule has 0 aliphatic carbocycles. The molecule has 0 bridgehead atoms. The molecule has 0 unspecified atom stereocenters. The summed E-state index contributed by atoms with van der Waals surface area (Å²) in [6.07, 6.45) is 3.31. The summed E-state index contributed by atoms with van der Waals surface area (Å²) in [5.41, 5.74) is 0. The molecule has 10 heavy (non-hydrogen) atoms. The molecule has 0 saturated heterocycles. The molecule has 0 spiro atoms. The predicted octanol–water partition coefficient (Wildman–Crippen LogP) is 2.59. The highest BCUT2D eigenvalue weighted by Crippen LogP contribution is 2.15. The summed E-state index contributed by atoms with van der Waals surface area (Å²) in [6, 6.07) is 6.00. The zero-order valence-electron chi connectivity index (χ0n) is 5.66. The molecule has 1 heterocycles. The maximum atomic E-state index is 8.20. The summed E-state index contributed by atoms with van der Waals surface area (Å²) < 4.78 is 0. The topological polar surface area (TPSA) is 23.8 Å². The fourth-order valence-electron chi connectivity index (χ4n) is 0.662. The molecule has 1 rings (SSSR count). The van der Waals surface area contributed by atoms with Gasteiger partial charge in [0, 0.05) is 15.8 Å². The molecule has 0 radical (unpaired) electrons. The van der Waals surface area contributed by atoms with E-state index in [2.05, 4.69) is 0 Å². The van der Waals surface area contributed by atoms with Crippen LogP contribution in [-0.4, -0.2) is 0 Å². The zero-order chi connectivity index (χ0) is 7.40. The van der Waals surface area contributed by atoms with Crippen molar-refractivity contribution in [2.75, 3.05) is 0 Å². The van der Waals surface area contributed by atoms with Crippen molar-refractivity contribution >= 4 is 17.4 Å². The van der Waals surface area contributed by atoms with Crippen LogP contribution >= 0.6 is 11.3 Å². The second-order valence-corrected chi connectivity index (χ2v) is 3.23. The van der Waals surface area contributed by atoms with Gasteiger partial charge in [0.05, 0.1) is 6.07 Å². The highest BCUT2D eigenvalue weighted by atomic mass is 32.1. The first kappa shape index (κ1) is 7.04. The molecule has 0 saturated carbocycles. The van der Waals surface area contributed by atoms with Gasteiger partial charge in [-0.25, -0.2) is 0 Å². The fraction of sp³-hybridized carbons (Fsp3) is 0.125. The van der Waals surface area contributed by atoms with Gasteiger partial charge in [0.15, 0.2) is 0 Å². The van der Waals surface area contributed by atoms with Gasteiger partial charge in [0.1, 0.15) is 0 Å². The molecule has 2 heteroatoms. The van der Waals surface area contributed by atoms with Crippen LogP contribution in [0.4, 0.5) is 0 Å². The van der Waals surface area contributed by atoms with Gasteiger partial charge in [0.25, 0.3) is 0 Å². The van der Waals surface area contributed by atoms with Crippen molar-refractivity contribution in [3.05, 3.63) is 28.0 Å². The average Bonchev–Trinajstić information content (AvgIpc) is 2.31. The third-order valence-corrected chi connectivity index (χ3v) is 2.05. The van der Waals surface area contributed by atoms with Crippen LogP contribution in [0.25, 0.3) is 6.08 Å². The number of hydrogen-bond acceptors (Lipinski definition) is 2. The minimum absolute atomic E-state index is 1.14. The third-order valence-electron chi connectivity index (χ3n) is 1.08. The van der Waals surface area contributed by atoms with Gasteiger partial charge in [0.2, 0.25) is 0 Å². The molecule has 0 aliphatic rings. The Morgan fingerprint density at radius 2 is 2.40 bits per heavy atom. The fourth-order valence-corrected chi connectivity index (χ4v) is 1.44. The van der Waals surface area contributed by atoms with E-state index in [9.17, 15) is 0 Å². The Kier molecular flexibility index (Phi) is 2.24. The van der Waals surface area contributed by atoms with Gasteiger partial charge in [-0.2, -0.15) is 5.26 Å². The van der Waals surface area contributed by atoms with Gasteiger partial charge in [-0.05, 0) is 25.1 Å². The predicted molar refractivity (Wildman–Crippen MR) is 43.7 cm³/mol. The Morgan fingerprint density at radius 3 is 2.90 bits per heavy atom. The number of nitriles is 1. The van der Waals surface area contributed by atoms with Crippen molar-refractivity contribution in [1.82, 2.24) is 0 Å². The van der Waals surface area contributed by atoms with E-state index in [0.717, 1.165) is 4.88 Å². The molecule has 0 atom stereocenters. The van der Waals surface area contributed by atoms with E-state index in [4.69, 9.17) is 5.26 Å². The standard InChI is InChI=1S/C8H7NS/c1-7-4-5-8(10-7)3-2-6-9/h2-5H,1H3. The molecule has 1 aromatic rings. The first-order valence-corrected chi connectivity index (χ1v) is 3.77. The SMILES string of the molecule is Cc1ccc(C=CC#N)s1. The number of nitrogens with zero attached hydrogens (tertiary/aromatic N) is 1. The van der Waals surface area contributed by atoms with Gasteiger partial charge in [-0.3, -0.25) is 0 Å². The molecule has 0 N–H and O–H groups in total. The molecule has 1 nitrogen and oxygen atoms in total. The van der Waals surface area contributed by atoms with Crippen LogP contribution < -0.4 is 0 Å². The molecule has 0 aliphatic heterocycles. The summed E-state index contributed by atoms with van der Waals surface area (Å²) in [4.78, 5) is 2.41. The van der Waals surface area contributed by atoms with E-state index in [-0.39, 0.29) is 0 Å². The van der Waals surface area contributed by atoms with Gasteiger partial charge < -0.3 is 0 Å². The maximum Gasteiger partial charge on any atom is 0.0912 e. The van der Waals surface area contributed by atoms with Crippen molar-refractivity contribution in [3.63, 3.8) is 0 Å². The highest BCUT2D eigenvalue weighted by Gasteiger charge is 1.88. The lowest BCUT2D eigenvalue weighted by atomic mass is 10.4. The largest absolute Gasteiger partial charge is 0.193 e. The Bertz CT molecular complexity index is 278. The van der Waals surface area contributed by atoms with Gasteiger partial charge >= 0.3 is 0 Å². The second kappa shape index (κ2) is 3.19. The van der Waals surface area contributed by atoms with Crippen molar-refractivity contribution in [2.24, 2.45) is 0 Å². The van der Waals surface area contributed by atoms with E-state index >= 15 is 0 Å².